The minimum absolute atomic E-state index is 0.202. The van der Waals surface area contributed by atoms with E-state index in [4.69, 9.17) is 0 Å². The monoisotopic (exact) mass is 289 g/mol. The molecule has 20 heavy (non-hydrogen) atoms. The molecule has 2 atom stereocenters. The minimum atomic E-state index is -4.22. The molecule has 0 saturated carbocycles. The average Bonchev–Trinajstić information content (AvgIpc) is 2.36. The summed E-state index contributed by atoms with van der Waals surface area (Å²) in [5, 5.41) is 10.2. The van der Waals surface area contributed by atoms with Crippen LogP contribution in [0.15, 0.2) is 30.3 Å². The number of aliphatic hydroxyl groups excluding tert-OH is 1. The standard InChI is InChI=1S/C15H22F3NO/c1-11(2)19(10-15(16,17)18)9-12(3)14(20)13-7-5-4-6-8-13/h4-8,11-12,14,20H,9-10H2,1-3H3. The van der Waals surface area contributed by atoms with Gasteiger partial charge in [0.05, 0.1) is 12.6 Å². The molecule has 2 nitrogen and oxygen atoms in total. The summed E-state index contributed by atoms with van der Waals surface area (Å²) in [5.74, 6) is -0.276. The Morgan fingerprint density at radius 3 is 2.10 bits per heavy atom. The van der Waals surface area contributed by atoms with E-state index in [1.54, 1.807) is 45.0 Å². The van der Waals surface area contributed by atoms with Gasteiger partial charge in [0.25, 0.3) is 0 Å². The second-order valence-corrected chi connectivity index (χ2v) is 5.47. The fraction of sp³-hybridized carbons (Fsp3) is 0.600. The zero-order chi connectivity index (χ0) is 15.3. The summed E-state index contributed by atoms with van der Waals surface area (Å²) in [6, 6.07) is 8.80. The Morgan fingerprint density at radius 2 is 1.65 bits per heavy atom. The summed E-state index contributed by atoms with van der Waals surface area (Å²) in [4.78, 5) is 1.34. The first kappa shape index (κ1) is 17.0. The van der Waals surface area contributed by atoms with Crippen molar-refractivity contribution < 1.29 is 18.3 Å². The second-order valence-electron chi connectivity index (χ2n) is 5.47. The molecule has 0 saturated heterocycles. The largest absolute Gasteiger partial charge is 0.401 e. The van der Waals surface area contributed by atoms with Gasteiger partial charge >= 0.3 is 6.18 Å². The van der Waals surface area contributed by atoms with Crippen molar-refractivity contribution in [3.05, 3.63) is 35.9 Å². The molecule has 0 aliphatic heterocycles. The molecule has 1 rings (SSSR count). The topological polar surface area (TPSA) is 23.5 Å². The highest BCUT2D eigenvalue weighted by molar-refractivity contribution is 5.17. The summed E-state index contributed by atoms with van der Waals surface area (Å²) in [7, 11) is 0. The lowest BCUT2D eigenvalue weighted by Crippen LogP contribution is -2.42. The van der Waals surface area contributed by atoms with Crippen molar-refractivity contribution in [1.82, 2.24) is 4.90 Å². The molecule has 0 radical (unpaired) electrons. The van der Waals surface area contributed by atoms with Crippen LogP contribution in [-0.4, -0.2) is 35.3 Å². The molecule has 2 unspecified atom stereocenters. The lowest BCUT2D eigenvalue weighted by molar-refractivity contribution is -0.152. The van der Waals surface area contributed by atoms with E-state index in [9.17, 15) is 18.3 Å². The van der Waals surface area contributed by atoms with Crippen molar-refractivity contribution >= 4 is 0 Å². The van der Waals surface area contributed by atoms with Gasteiger partial charge in [-0.3, -0.25) is 4.90 Å². The van der Waals surface area contributed by atoms with Crippen molar-refractivity contribution in [2.75, 3.05) is 13.1 Å². The maximum atomic E-state index is 12.5. The first-order chi connectivity index (χ1) is 9.20. The fourth-order valence-corrected chi connectivity index (χ4v) is 2.14. The fourth-order valence-electron chi connectivity index (χ4n) is 2.14. The molecule has 0 amide bonds. The predicted molar refractivity (Wildman–Crippen MR) is 73.3 cm³/mol. The number of aliphatic hydroxyl groups is 1. The molecule has 0 fully saturated rings. The van der Waals surface area contributed by atoms with Crippen LogP contribution in [0.2, 0.25) is 0 Å². The average molecular weight is 289 g/mol. The Labute approximate surface area is 118 Å². The van der Waals surface area contributed by atoms with E-state index in [0.29, 0.717) is 0 Å². The summed E-state index contributed by atoms with van der Waals surface area (Å²) in [6.07, 6.45) is -4.98. The molecule has 0 heterocycles. The van der Waals surface area contributed by atoms with E-state index in [1.165, 1.54) is 4.90 Å². The number of hydrogen-bond acceptors (Lipinski definition) is 2. The summed E-state index contributed by atoms with van der Waals surface area (Å²) in [5.41, 5.74) is 0.732. The van der Waals surface area contributed by atoms with Gasteiger partial charge in [-0.2, -0.15) is 13.2 Å². The van der Waals surface area contributed by atoms with Crippen LogP contribution >= 0.6 is 0 Å². The molecule has 0 aromatic heterocycles. The maximum absolute atomic E-state index is 12.5. The lowest BCUT2D eigenvalue weighted by atomic mass is 9.96. The summed E-state index contributed by atoms with van der Waals surface area (Å²) >= 11 is 0. The van der Waals surface area contributed by atoms with Crippen LogP contribution in [0.5, 0.6) is 0 Å². The third-order valence-corrected chi connectivity index (χ3v) is 3.32. The number of alkyl halides is 3. The Balaban J connectivity index is 2.68. The molecule has 0 bridgehead atoms. The van der Waals surface area contributed by atoms with Crippen LogP contribution in [0.25, 0.3) is 0 Å². The van der Waals surface area contributed by atoms with Crippen molar-refractivity contribution in [3.63, 3.8) is 0 Å². The molecule has 114 valence electrons. The van der Waals surface area contributed by atoms with Crippen LogP contribution < -0.4 is 0 Å². The zero-order valence-corrected chi connectivity index (χ0v) is 12.1. The Hall–Kier alpha value is -1.07. The SMILES string of the molecule is CC(CN(CC(F)(F)F)C(C)C)C(O)c1ccccc1. The number of benzene rings is 1. The van der Waals surface area contributed by atoms with Gasteiger partial charge in [0.15, 0.2) is 0 Å². The molecule has 1 aromatic rings. The van der Waals surface area contributed by atoms with Crippen LogP contribution in [0.3, 0.4) is 0 Å². The van der Waals surface area contributed by atoms with Crippen LogP contribution in [0.1, 0.15) is 32.4 Å². The van der Waals surface area contributed by atoms with Gasteiger partial charge in [-0.1, -0.05) is 37.3 Å². The molecular weight excluding hydrogens is 267 g/mol. The quantitative estimate of drug-likeness (QED) is 0.864. The number of nitrogens with zero attached hydrogens (tertiary/aromatic N) is 1. The van der Waals surface area contributed by atoms with E-state index < -0.39 is 18.8 Å². The zero-order valence-electron chi connectivity index (χ0n) is 12.1. The Kier molecular flexibility index (Phi) is 6.02. The molecular formula is C15H22F3NO. The number of rotatable bonds is 6. The molecule has 5 heteroatoms. The van der Waals surface area contributed by atoms with Gasteiger partial charge < -0.3 is 5.11 Å². The van der Waals surface area contributed by atoms with Gasteiger partial charge in [-0.25, -0.2) is 0 Å². The Morgan fingerprint density at radius 1 is 1.10 bits per heavy atom. The first-order valence-corrected chi connectivity index (χ1v) is 6.74. The highest BCUT2D eigenvalue weighted by Crippen LogP contribution is 2.25. The highest BCUT2D eigenvalue weighted by atomic mass is 19.4. The van der Waals surface area contributed by atoms with Crippen molar-refractivity contribution in [2.24, 2.45) is 5.92 Å². The van der Waals surface area contributed by atoms with Crippen molar-refractivity contribution in [1.29, 1.82) is 0 Å². The van der Waals surface area contributed by atoms with Crippen LogP contribution in [0, 0.1) is 5.92 Å². The van der Waals surface area contributed by atoms with Gasteiger partial charge in [-0.15, -0.1) is 0 Å². The molecule has 1 aromatic carbocycles. The smallest absolute Gasteiger partial charge is 0.388 e. The predicted octanol–water partition coefficient (Wildman–Crippen LogP) is 3.63. The van der Waals surface area contributed by atoms with Gasteiger partial charge in [0.2, 0.25) is 0 Å². The third-order valence-electron chi connectivity index (χ3n) is 3.32. The second kappa shape index (κ2) is 7.09. The Bertz CT molecular complexity index is 392. The summed E-state index contributed by atoms with van der Waals surface area (Å²) < 4.78 is 37.6. The highest BCUT2D eigenvalue weighted by Gasteiger charge is 2.33. The summed E-state index contributed by atoms with van der Waals surface area (Å²) in [6.45, 7) is 4.48. The van der Waals surface area contributed by atoms with E-state index in [0.717, 1.165) is 5.56 Å². The molecule has 0 aliphatic carbocycles. The van der Waals surface area contributed by atoms with Gasteiger partial charge in [0.1, 0.15) is 0 Å². The molecule has 1 N–H and O–H groups in total. The van der Waals surface area contributed by atoms with Gasteiger partial charge in [-0.05, 0) is 25.3 Å². The van der Waals surface area contributed by atoms with E-state index in [-0.39, 0.29) is 18.5 Å². The van der Waals surface area contributed by atoms with Gasteiger partial charge in [0, 0.05) is 12.6 Å². The minimum Gasteiger partial charge on any atom is -0.388 e. The number of halogens is 3. The van der Waals surface area contributed by atoms with E-state index in [2.05, 4.69) is 0 Å². The van der Waals surface area contributed by atoms with Crippen LogP contribution in [-0.2, 0) is 0 Å². The van der Waals surface area contributed by atoms with E-state index >= 15 is 0 Å². The normalized spacial score (nSPS) is 15.7. The first-order valence-electron chi connectivity index (χ1n) is 6.74. The van der Waals surface area contributed by atoms with Crippen molar-refractivity contribution in [3.8, 4) is 0 Å². The van der Waals surface area contributed by atoms with Crippen molar-refractivity contribution in [2.45, 2.75) is 39.1 Å². The van der Waals surface area contributed by atoms with Crippen LogP contribution in [0.4, 0.5) is 13.2 Å². The van der Waals surface area contributed by atoms with E-state index in [1.807, 2.05) is 6.07 Å². The third kappa shape index (κ3) is 5.51. The lowest BCUT2D eigenvalue weighted by Gasteiger charge is -2.31. The molecule has 0 spiro atoms. The maximum Gasteiger partial charge on any atom is 0.401 e. The molecule has 0 aliphatic rings. The number of hydrogen-bond donors (Lipinski definition) is 1.